The van der Waals surface area contributed by atoms with E-state index in [1.54, 1.807) is 11.9 Å². The second kappa shape index (κ2) is 9.34. The lowest BCUT2D eigenvalue weighted by atomic mass is 10.0. The number of benzene rings is 3. The molecule has 0 fully saturated rings. The van der Waals surface area contributed by atoms with Gasteiger partial charge < -0.3 is 10.6 Å². The summed E-state index contributed by atoms with van der Waals surface area (Å²) in [5, 5.41) is 8.18. The minimum absolute atomic E-state index is 0.109. The average Bonchev–Trinajstić information content (AvgIpc) is 2.69. The van der Waals surface area contributed by atoms with Crippen LogP contribution in [0.15, 0.2) is 66.7 Å². The number of likely N-dealkylation sites (N-methyl/N-ethyl adjacent to an activating group) is 1. The number of nitrogens with one attached hydrogen (secondary N) is 2. The Labute approximate surface area is 171 Å². The molecular formula is C24H27N3O2. The summed E-state index contributed by atoms with van der Waals surface area (Å²) in [6, 6.07) is 21.9. The van der Waals surface area contributed by atoms with Crippen molar-refractivity contribution in [3.8, 4) is 0 Å². The number of aryl methyl sites for hydroxylation is 1. The van der Waals surface area contributed by atoms with Gasteiger partial charge in [0.05, 0.1) is 19.1 Å². The van der Waals surface area contributed by atoms with E-state index in [2.05, 4.69) is 34.9 Å². The first-order valence-corrected chi connectivity index (χ1v) is 9.74. The molecule has 0 spiro atoms. The Hall–Kier alpha value is -3.18. The van der Waals surface area contributed by atoms with E-state index in [1.165, 1.54) is 5.39 Å². The highest BCUT2D eigenvalue weighted by molar-refractivity contribution is 5.92. The number of fused-ring (bicyclic) bond motifs is 1. The van der Waals surface area contributed by atoms with Gasteiger partial charge in [-0.05, 0) is 55.4 Å². The molecule has 0 bridgehead atoms. The Kier molecular flexibility index (Phi) is 6.62. The van der Waals surface area contributed by atoms with Gasteiger partial charge in [0.1, 0.15) is 0 Å². The van der Waals surface area contributed by atoms with Gasteiger partial charge in [0.2, 0.25) is 11.8 Å². The number of hydrogen-bond donors (Lipinski definition) is 2. The zero-order valence-corrected chi connectivity index (χ0v) is 17.1. The molecule has 29 heavy (non-hydrogen) atoms. The first kappa shape index (κ1) is 20.6. The molecule has 0 aliphatic carbocycles. The van der Waals surface area contributed by atoms with Gasteiger partial charge in [0, 0.05) is 5.69 Å². The van der Waals surface area contributed by atoms with Crippen LogP contribution in [0.1, 0.15) is 24.1 Å². The maximum atomic E-state index is 12.4. The monoisotopic (exact) mass is 389 g/mol. The summed E-state index contributed by atoms with van der Waals surface area (Å²) in [5.41, 5.74) is 2.94. The topological polar surface area (TPSA) is 61.4 Å². The molecule has 3 aromatic carbocycles. The Balaban J connectivity index is 1.49. The zero-order valence-electron chi connectivity index (χ0n) is 17.1. The van der Waals surface area contributed by atoms with Crippen molar-refractivity contribution in [1.29, 1.82) is 0 Å². The normalized spacial score (nSPS) is 12.0. The largest absolute Gasteiger partial charge is 0.348 e. The van der Waals surface area contributed by atoms with Crippen LogP contribution in [0.4, 0.5) is 5.69 Å². The fourth-order valence-electron chi connectivity index (χ4n) is 3.23. The van der Waals surface area contributed by atoms with Crippen molar-refractivity contribution < 1.29 is 9.59 Å². The van der Waals surface area contributed by atoms with Gasteiger partial charge in [0.15, 0.2) is 0 Å². The molecule has 5 nitrogen and oxygen atoms in total. The molecule has 3 rings (SSSR count). The molecule has 0 saturated heterocycles. The lowest BCUT2D eigenvalue weighted by Gasteiger charge is -2.19. The summed E-state index contributed by atoms with van der Waals surface area (Å²) in [6.45, 7) is 4.26. The highest BCUT2D eigenvalue weighted by atomic mass is 16.2. The molecular weight excluding hydrogens is 362 g/mol. The Bertz CT molecular complexity index is 998. The minimum Gasteiger partial charge on any atom is -0.348 e. The predicted molar refractivity (Wildman–Crippen MR) is 118 cm³/mol. The van der Waals surface area contributed by atoms with E-state index < -0.39 is 0 Å². The van der Waals surface area contributed by atoms with E-state index in [4.69, 9.17) is 0 Å². The first-order chi connectivity index (χ1) is 13.9. The number of carbonyl (C=O) groups excluding carboxylic acids is 2. The molecule has 0 aliphatic heterocycles. The smallest absolute Gasteiger partial charge is 0.238 e. The third-order valence-corrected chi connectivity index (χ3v) is 4.81. The SMILES string of the molecule is Cc1ccc(NC(=O)CN(C)CC(=O)NC(C)c2ccc3ccccc3c2)cc1. The number of nitrogens with zero attached hydrogens (tertiary/aromatic N) is 1. The number of anilines is 1. The summed E-state index contributed by atoms with van der Waals surface area (Å²) < 4.78 is 0. The fraction of sp³-hybridized carbons (Fsp3) is 0.250. The molecule has 0 aromatic heterocycles. The van der Waals surface area contributed by atoms with Crippen molar-refractivity contribution in [1.82, 2.24) is 10.2 Å². The average molecular weight is 389 g/mol. The van der Waals surface area contributed by atoms with Crippen LogP contribution in [0.5, 0.6) is 0 Å². The molecule has 2 N–H and O–H groups in total. The predicted octanol–water partition coefficient (Wildman–Crippen LogP) is 3.90. The number of rotatable bonds is 7. The van der Waals surface area contributed by atoms with Crippen molar-refractivity contribution >= 4 is 28.3 Å². The van der Waals surface area contributed by atoms with Crippen LogP contribution in [-0.2, 0) is 9.59 Å². The number of carbonyl (C=O) groups is 2. The van der Waals surface area contributed by atoms with Crippen LogP contribution in [0, 0.1) is 6.92 Å². The van der Waals surface area contributed by atoms with Crippen molar-refractivity contribution in [3.05, 3.63) is 77.9 Å². The fourth-order valence-corrected chi connectivity index (χ4v) is 3.23. The summed E-state index contributed by atoms with van der Waals surface area (Å²) in [4.78, 5) is 26.3. The molecule has 3 aromatic rings. The van der Waals surface area contributed by atoms with Crippen LogP contribution in [0.3, 0.4) is 0 Å². The highest BCUT2D eigenvalue weighted by Gasteiger charge is 2.14. The summed E-state index contributed by atoms with van der Waals surface area (Å²) in [6.07, 6.45) is 0. The van der Waals surface area contributed by atoms with E-state index in [-0.39, 0.29) is 30.9 Å². The Morgan fingerprint density at radius 2 is 1.55 bits per heavy atom. The van der Waals surface area contributed by atoms with E-state index in [0.717, 1.165) is 22.2 Å². The Morgan fingerprint density at radius 3 is 2.28 bits per heavy atom. The second-order valence-corrected chi connectivity index (χ2v) is 7.48. The third-order valence-electron chi connectivity index (χ3n) is 4.81. The van der Waals surface area contributed by atoms with Crippen molar-refractivity contribution in [2.24, 2.45) is 0 Å². The molecule has 1 atom stereocenters. The maximum absolute atomic E-state index is 12.4. The molecule has 2 amide bonds. The van der Waals surface area contributed by atoms with E-state index in [0.29, 0.717) is 0 Å². The zero-order chi connectivity index (χ0) is 20.8. The Morgan fingerprint density at radius 1 is 0.897 bits per heavy atom. The van der Waals surface area contributed by atoms with Gasteiger partial charge >= 0.3 is 0 Å². The van der Waals surface area contributed by atoms with Gasteiger partial charge in [0.25, 0.3) is 0 Å². The molecule has 0 heterocycles. The minimum atomic E-state index is -0.147. The van der Waals surface area contributed by atoms with Crippen LogP contribution < -0.4 is 10.6 Å². The summed E-state index contributed by atoms with van der Waals surface area (Å²) >= 11 is 0. The quantitative estimate of drug-likeness (QED) is 0.644. The number of hydrogen-bond acceptors (Lipinski definition) is 3. The van der Waals surface area contributed by atoms with Gasteiger partial charge in [-0.1, -0.05) is 54.1 Å². The van der Waals surface area contributed by atoms with Crippen molar-refractivity contribution in [2.45, 2.75) is 19.9 Å². The van der Waals surface area contributed by atoms with Gasteiger partial charge in [-0.2, -0.15) is 0 Å². The standard InChI is InChI=1S/C24H27N3O2/c1-17-8-12-22(13-9-17)26-24(29)16-27(3)15-23(28)25-18(2)20-11-10-19-6-4-5-7-21(19)14-20/h4-14,18H,15-16H2,1-3H3,(H,25,28)(H,26,29). The lowest BCUT2D eigenvalue weighted by molar-refractivity contribution is -0.123. The van der Waals surface area contributed by atoms with Crippen LogP contribution >= 0.6 is 0 Å². The van der Waals surface area contributed by atoms with Crippen LogP contribution in [-0.4, -0.2) is 36.9 Å². The second-order valence-electron chi connectivity index (χ2n) is 7.48. The summed E-state index contributed by atoms with van der Waals surface area (Å²) in [5.74, 6) is -0.261. The highest BCUT2D eigenvalue weighted by Crippen LogP contribution is 2.20. The maximum Gasteiger partial charge on any atom is 0.238 e. The molecule has 0 radical (unpaired) electrons. The molecule has 5 heteroatoms. The van der Waals surface area contributed by atoms with Gasteiger partial charge in [-0.15, -0.1) is 0 Å². The van der Waals surface area contributed by atoms with E-state index >= 15 is 0 Å². The number of amides is 2. The molecule has 0 aliphatic rings. The van der Waals surface area contributed by atoms with E-state index in [1.807, 2.05) is 56.3 Å². The van der Waals surface area contributed by atoms with Crippen LogP contribution in [0.25, 0.3) is 10.8 Å². The third kappa shape index (κ3) is 5.90. The van der Waals surface area contributed by atoms with Gasteiger partial charge in [-0.25, -0.2) is 0 Å². The van der Waals surface area contributed by atoms with E-state index in [9.17, 15) is 9.59 Å². The molecule has 1 unspecified atom stereocenters. The first-order valence-electron chi connectivity index (χ1n) is 9.74. The van der Waals surface area contributed by atoms with Crippen molar-refractivity contribution in [2.75, 3.05) is 25.5 Å². The summed E-state index contributed by atoms with van der Waals surface area (Å²) in [7, 11) is 1.76. The van der Waals surface area contributed by atoms with Crippen LogP contribution in [0.2, 0.25) is 0 Å². The van der Waals surface area contributed by atoms with Gasteiger partial charge in [-0.3, -0.25) is 14.5 Å². The van der Waals surface area contributed by atoms with Crippen molar-refractivity contribution in [3.63, 3.8) is 0 Å². The molecule has 0 saturated carbocycles. The molecule has 150 valence electrons. The lowest BCUT2D eigenvalue weighted by Crippen LogP contribution is -2.39.